The highest BCUT2D eigenvalue weighted by molar-refractivity contribution is 4.93. The van der Waals surface area contributed by atoms with E-state index in [-0.39, 0.29) is 0 Å². The van der Waals surface area contributed by atoms with Gasteiger partial charge in [0.05, 0.1) is 0 Å². The van der Waals surface area contributed by atoms with Crippen molar-refractivity contribution in [3.8, 4) is 0 Å². The van der Waals surface area contributed by atoms with Gasteiger partial charge in [0.25, 0.3) is 0 Å². The summed E-state index contributed by atoms with van der Waals surface area (Å²) < 4.78 is 0. The van der Waals surface area contributed by atoms with Crippen LogP contribution in [0.15, 0.2) is 12.7 Å². The summed E-state index contributed by atoms with van der Waals surface area (Å²) in [6.07, 6.45) is 11.1. The Morgan fingerprint density at radius 3 is 2.00 bits per heavy atom. The van der Waals surface area contributed by atoms with Gasteiger partial charge in [-0.3, -0.25) is 0 Å². The average molecular weight is 150 g/mol. The highest BCUT2D eigenvalue weighted by Crippen LogP contribution is 2.45. The second-order valence-corrected chi connectivity index (χ2v) is 4.27. The normalized spacial score (nSPS) is 43.5. The monoisotopic (exact) mass is 150 g/mol. The average Bonchev–Trinajstić information content (AvgIpc) is 2.46. The third-order valence-electron chi connectivity index (χ3n) is 3.61. The molecule has 0 aliphatic heterocycles. The first-order valence-electron chi connectivity index (χ1n) is 5.02. The molecule has 0 aromatic heterocycles. The molecule has 2 fully saturated rings. The zero-order valence-electron chi connectivity index (χ0n) is 7.26. The molecule has 0 aromatic carbocycles. The molecule has 0 nitrogen and oxygen atoms in total. The van der Waals surface area contributed by atoms with Gasteiger partial charge in [-0.2, -0.15) is 0 Å². The molecular formula is C11H18. The number of hydrogen-bond donors (Lipinski definition) is 0. The van der Waals surface area contributed by atoms with Gasteiger partial charge in [0.15, 0.2) is 0 Å². The molecule has 0 saturated heterocycles. The lowest BCUT2D eigenvalue weighted by atomic mass is 9.82. The molecule has 0 N–H and O–H groups in total. The van der Waals surface area contributed by atoms with Crippen LogP contribution in [0, 0.1) is 17.8 Å². The molecule has 0 spiro atoms. The van der Waals surface area contributed by atoms with E-state index in [2.05, 4.69) is 12.7 Å². The van der Waals surface area contributed by atoms with Gasteiger partial charge < -0.3 is 0 Å². The summed E-state index contributed by atoms with van der Waals surface area (Å²) in [4.78, 5) is 0. The first-order chi connectivity index (χ1) is 5.40. The summed E-state index contributed by atoms with van der Waals surface area (Å²) in [7, 11) is 0. The van der Waals surface area contributed by atoms with E-state index in [9.17, 15) is 0 Å². The van der Waals surface area contributed by atoms with Crippen molar-refractivity contribution in [1.29, 1.82) is 0 Å². The summed E-state index contributed by atoms with van der Waals surface area (Å²) >= 11 is 0. The summed E-state index contributed by atoms with van der Waals surface area (Å²) in [5.41, 5.74) is 0. The van der Waals surface area contributed by atoms with Crippen LogP contribution < -0.4 is 0 Å². The third-order valence-corrected chi connectivity index (χ3v) is 3.61. The van der Waals surface area contributed by atoms with Crippen molar-refractivity contribution in [2.24, 2.45) is 17.8 Å². The fourth-order valence-electron chi connectivity index (χ4n) is 2.97. The Hall–Kier alpha value is -0.260. The minimum Gasteiger partial charge on any atom is -0.103 e. The molecule has 0 bridgehead atoms. The topological polar surface area (TPSA) is 0 Å². The first-order valence-corrected chi connectivity index (χ1v) is 5.02. The van der Waals surface area contributed by atoms with Crippen LogP contribution >= 0.6 is 0 Å². The Kier molecular flexibility index (Phi) is 2.02. The molecule has 2 atom stereocenters. The minimum absolute atomic E-state index is 0.864. The maximum absolute atomic E-state index is 3.90. The number of fused-ring (bicyclic) bond motifs is 1. The number of allylic oxidation sites excluding steroid dienone is 1. The summed E-state index contributed by atoms with van der Waals surface area (Å²) in [5, 5.41) is 0. The molecule has 2 saturated carbocycles. The molecule has 2 unspecified atom stereocenters. The van der Waals surface area contributed by atoms with Crippen molar-refractivity contribution in [2.45, 2.75) is 38.5 Å². The van der Waals surface area contributed by atoms with Crippen molar-refractivity contribution < 1.29 is 0 Å². The van der Waals surface area contributed by atoms with Crippen LogP contribution in [0.4, 0.5) is 0 Å². The molecular weight excluding hydrogens is 132 g/mol. The van der Waals surface area contributed by atoms with Gasteiger partial charge in [-0.25, -0.2) is 0 Å². The van der Waals surface area contributed by atoms with E-state index in [1.165, 1.54) is 38.5 Å². The van der Waals surface area contributed by atoms with Gasteiger partial charge in [0.2, 0.25) is 0 Å². The van der Waals surface area contributed by atoms with E-state index in [0.29, 0.717) is 0 Å². The lowest BCUT2D eigenvalue weighted by Crippen LogP contribution is -2.12. The highest BCUT2D eigenvalue weighted by Gasteiger charge is 2.33. The Morgan fingerprint density at radius 2 is 1.55 bits per heavy atom. The van der Waals surface area contributed by atoms with Crippen LogP contribution in [-0.4, -0.2) is 0 Å². The molecule has 0 amide bonds. The Labute approximate surface area is 69.7 Å². The minimum atomic E-state index is 0.864. The fraction of sp³-hybridized carbons (Fsp3) is 0.818. The maximum Gasteiger partial charge on any atom is -0.0231 e. The SMILES string of the molecule is C=CC1CC2CCCCC2C1. The van der Waals surface area contributed by atoms with Crippen LogP contribution in [0.25, 0.3) is 0 Å². The zero-order chi connectivity index (χ0) is 7.68. The Morgan fingerprint density at radius 1 is 1.00 bits per heavy atom. The van der Waals surface area contributed by atoms with Crippen LogP contribution in [0.3, 0.4) is 0 Å². The van der Waals surface area contributed by atoms with E-state index in [0.717, 1.165) is 17.8 Å². The molecule has 0 radical (unpaired) electrons. The van der Waals surface area contributed by atoms with Crippen LogP contribution in [0.1, 0.15) is 38.5 Å². The predicted octanol–water partition coefficient (Wildman–Crippen LogP) is 3.39. The van der Waals surface area contributed by atoms with Crippen LogP contribution in [0.5, 0.6) is 0 Å². The van der Waals surface area contributed by atoms with Crippen LogP contribution in [0.2, 0.25) is 0 Å². The van der Waals surface area contributed by atoms with Crippen molar-refractivity contribution >= 4 is 0 Å². The molecule has 0 heterocycles. The largest absolute Gasteiger partial charge is 0.103 e. The van der Waals surface area contributed by atoms with Gasteiger partial charge >= 0.3 is 0 Å². The summed E-state index contributed by atoms with van der Waals surface area (Å²) in [6, 6.07) is 0. The Balaban J connectivity index is 1.97. The van der Waals surface area contributed by atoms with Crippen LogP contribution in [-0.2, 0) is 0 Å². The van der Waals surface area contributed by atoms with Crippen molar-refractivity contribution in [3.05, 3.63) is 12.7 Å². The lowest BCUT2D eigenvalue weighted by Gasteiger charge is -2.24. The fourth-order valence-corrected chi connectivity index (χ4v) is 2.97. The van der Waals surface area contributed by atoms with Crippen molar-refractivity contribution in [3.63, 3.8) is 0 Å². The zero-order valence-corrected chi connectivity index (χ0v) is 7.26. The molecule has 2 aliphatic rings. The smallest absolute Gasteiger partial charge is 0.0231 e. The van der Waals surface area contributed by atoms with Gasteiger partial charge in [-0.1, -0.05) is 31.8 Å². The van der Waals surface area contributed by atoms with Gasteiger partial charge in [0.1, 0.15) is 0 Å². The molecule has 62 valence electrons. The third kappa shape index (κ3) is 1.36. The second-order valence-electron chi connectivity index (χ2n) is 4.27. The number of hydrogen-bond acceptors (Lipinski definition) is 0. The molecule has 2 rings (SSSR count). The van der Waals surface area contributed by atoms with Gasteiger partial charge in [-0.05, 0) is 30.6 Å². The summed E-state index contributed by atoms with van der Waals surface area (Å²) in [6.45, 7) is 3.90. The van der Waals surface area contributed by atoms with Gasteiger partial charge in [-0.15, -0.1) is 6.58 Å². The summed E-state index contributed by atoms with van der Waals surface area (Å²) in [5.74, 6) is 3.02. The predicted molar refractivity (Wildman–Crippen MR) is 48.4 cm³/mol. The highest BCUT2D eigenvalue weighted by atomic mass is 14.4. The molecule has 11 heavy (non-hydrogen) atoms. The first kappa shape index (κ1) is 7.39. The van der Waals surface area contributed by atoms with E-state index >= 15 is 0 Å². The standard InChI is InChI=1S/C11H18/c1-2-9-7-10-5-3-4-6-11(10)8-9/h2,9-11H,1,3-8H2. The van der Waals surface area contributed by atoms with E-state index in [1.807, 2.05) is 0 Å². The molecule has 0 aromatic rings. The number of rotatable bonds is 1. The van der Waals surface area contributed by atoms with Gasteiger partial charge in [0, 0.05) is 0 Å². The molecule has 0 heteroatoms. The van der Waals surface area contributed by atoms with E-state index < -0.39 is 0 Å². The quantitative estimate of drug-likeness (QED) is 0.503. The molecule has 2 aliphatic carbocycles. The Bertz CT molecular complexity index is 134. The lowest BCUT2D eigenvalue weighted by molar-refractivity contribution is 0.277. The maximum atomic E-state index is 3.90. The van der Waals surface area contributed by atoms with Crippen molar-refractivity contribution in [2.75, 3.05) is 0 Å². The second kappa shape index (κ2) is 3.00. The van der Waals surface area contributed by atoms with E-state index in [4.69, 9.17) is 0 Å². The van der Waals surface area contributed by atoms with Crippen molar-refractivity contribution in [1.82, 2.24) is 0 Å². The van der Waals surface area contributed by atoms with E-state index in [1.54, 1.807) is 0 Å².